The van der Waals surface area contributed by atoms with Crippen molar-refractivity contribution in [2.75, 3.05) is 18.1 Å². The number of thioether (sulfide) groups is 1. The molecule has 1 rings (SSSR count). The third-order valence-electron chi connectivity index (χ3n) is 2.15. The Morgan fingerprint density at radius 1 is 1.50 bits per heavy atom. The van der Waals surface area contributed by atoms with Gasteiger partial charge in [0.15, 0.2) is 0 Å². The van der Waals surface area contributed by atoms with Crippen molar-refractivity contribution in [1.82, 2.24) is 4.57 Å². The molecule has 0 fully saturated rings. The molecular formula is C11H20N2S. The molecule has 80 valence electrons. The van der Waals surface area contributed by atoms with E-state index in [0.29, 0.717) is 0 Å². The van der Waals surface area contributed by atoms with Crippen molar-refractivity contribution in [3.63, 3.8) is 0 Å². The Morgan fingerprint density at radius 3 is 3.07 bits per heavy atom. The average Bonchev–Trinajstić information content (AvgIpc) is 2.61. The quantitative estimate of drug-likeness (QED) is 0.702. The lowest BCUT2D eigenvalue weighted by Gasteiger charge is -2.01. The van der Waals surface area contributed by atoms with Crippen LogP contribution in [-0.2, 0) is 13.0 Å². The molecule has 0 unspecified atom stereocenters. The summed E-state index contributed by atoms with van der Waals surface area (Å²) in [6, 6.07) is 2.17. The van der Waals surface area contributed by atoms with Gasteiger partial charge in [-0.25, -0.2) is 0 Å². The third kappa shape index (κ3) is 4.20. The van der Waals surface area contributed by atoms with Gasteiger partial charge in [-0.3, -0.25) is 0 Å². The number of aryl methyl sites for hydroxylation is 1. The third-order valence-corrected chi connectivity index (χ3v) is 3.14. The van der Waals surface area contributed by atoms with E-state index in [1.54, 1.807) is 0 Å². The van der Waals surface area contributed by atoms with Crippen LogP contribution in [0.25, 0.3) is 0 Å². The molecular weight excluding hydrogens is 192 g/mol. The average molecular weight is 212 g/mol. The molecule has 0 radical (unpaired) electrons. The summed E-state index contributed by atoms with van der Waals surface area (Å²) in [6.45, 7) is 4.09. The van der Waals surface area contributed by atoms with Gasteiger partial charge in [0, 0.05) is 18.9 Å². The molecule has 0 aliphatic heterocycles. The normalized spacial score (nSPS) is 10.7. The van der Waals surface area contributed by atoms with E-state index in [0.717, 1.165) is 19.5 Å². The fraction of sp³-hybridized carbons (Fsp3) is 0.636. The van der Waals surface area contributed by atoms with Crippen molar-refractivity contribution in [1.29, 1.82) is 0 Å². The molecule has 0 saturated carbocycles. The minimum atomic E-state index is 0.746. The molecule has 0 aliphatic rings. The Morgan fingerprint density at radius 2 is 2.36 bits per heavy atom. The SMILES string of the molecule is CCSCCCn1ccc(CCN)c1. The van der Waals surface area contributed by atoms with E-state index < -0.39 is 0 Å². The van der Waals surface area contributed by atoms with Crippen molar-refractivity contribution < 1.29 is 0 Å². The maximum atomic E-state index is 5.50. The Balaban J connectivity index is 2.22. The standard InChI is InChI=1S/C11H20N2S/c1-2-14-9-3-7-13-8-5-11(10-13)4-6-12/h5,8,10H,2-4,6-7,9,12H2,1H3. The van der Waals surface area contributed by atoms with Gasteiger partial charge < -0.3 is 10.3 Å². The van der Waals surface area contributed by atoms with Crippen LogP contribution in [-0.4, -0.2) is 22.6 Å². The van der Waals surface area contributed by atoms with E-state index in [-0.39, 0.29) is 0 Å². The molecule has 0 aromatic carbocycles. The first-order chi connectivity index (χ1) is 6.86. The number of hydrogen-bond acceptors (Lipinski definition) is 2. The minimum absolute atomic E-state index is 0.746. The molecule has 14 heavy (non-hydrogen) atoms. The molecule has 0 bridgehead atoms. The van der Waals surface area contributed by atoms with E-state index in [1.165, 1.54) is 23.5 Å². The zero-order valence-electron chi connectivity index (χ0n) is 8.91. The summed E-state index contributed by atoms with van der Waals surface area (Å²) in [6.07, 6.45) is 6.62. The van der Waals surface area contributed by atoms with E-state index in [9.17, 15) is 0 Å². The zero-order chi connectivity index (χ0) is 10.2. The molecule has 2 nitrogen and oxygen atoms in total. The molecule has 0 aliphatic carbocycles. The number of rotatable bonds is 7. The van der Waals surface area contributed by atoms with E-state index in [2.05, 4.69) is 30.0 Å². The van der Waals surface area contributed by atoms with Crippen LogP contribution in [0.3, 0.4) is 0 Å². The van der Waals surface area contributed by atoms with Crippen LogP contribution in [0.4, 0.5) is 0 Å². The molecule has 0 spiro atoms. The maximum Gasteiger partial charge on any atom is 0.0227 e. The lowest BCUT2D eigenvalue weighted by atomic mass is 10.2. The van der Waals surface area contributed by atoms with Crippen molar-refractivity contribution in [3.8, 4) is 0 Å². The van der Waals surface area contributed by atoms with Gasteiger partial charge in [0.2, 0.25) is 0 Å². The largest absolute Gasteiger partial charge is 0.354 e. The number of nitrogens with two attached hydrogens (primary N) is 1. The Kier molecular flexibility index (Phi) is 5.80. The first-order valence-corrected chi connectivity index (χ1v) is 6.44. The Hall–Kier alpha value is -0.410. The summed E-state index contributed by atoms with van der Waals surface area (Å²) in [5.74, 6) is 2.49. The monoisotopic (exact) mass is 212 g/mol. The molecule has 3 heteroatoms. The summed E-state index contributed by atoms with van der Waals surface area (Å²) in [7, 11) is 0. The van der Waals surface area contributed by atoms with Gasteiger partial charge in [-0.1, -0.05) is 6.92 Å². The Labute approximate surface area is 90.9 Å². The van der Waals surface area contributed by atoms with Gasteiger partial charge in [0.25, 0.3) is 0 Å². The summed E-state index contributed by atoms with van der Waals surface area (Å²) >= 11 is 2.01. The molecule has 2 N–H and O–H groups in total. The van der Waals surface area contributed by atoms with Crippen LogP contribution in [0.5, 0.6) is 0 Å². The highest BCUT2D eigenvalue weighted by Crippen LogP contribution is 2.05. The molecule has 0 atom stereocenters. The zero-order valence-corrected chi connectivity index (χ0v) is 9.72. The van der Waals surface area contributed by atoms with Crippen molar-refractivity contribution in [2.24, 2.45) is 5.73 Å². The first-order valence-electron chi connectivity index (χ1n) is 5.29. The van der Waals surface area contributed by atoms with E-state index in [1.807, 2.05) is 11.8 Å². The molecule has 1 aromatic rings. The second-order valence-corrected chi connectivity index (χ2v) is 4.74. The lowest BCUT2D eigenvalue weighted by Crippen LogP contribution is -2.02. The number of hydrogen-bond donors (Lipinski definition) is 1. The van der Waals surface area contributed by atoms with Gasteiger partial charge in [-0.2, -0.15) is 11.8 Å². The maximum absolute atomic E-state index is 5.50. The highest BCUT2D eigenvalue weighted by atomic mass is 32.2. The van der Waals surface area contributed by atoms with Crippen LogP contribution in [0.1, 0.15) is 18.9 Å². The van der Waals surface area contributed by atoms with Crippen molar-refractivity contribution >= 4 is 11.8 Å². The second kappa shape index (κ2) is 6.96. The van der Waals surface area contributed by atoms with E-state index in [4.69, 9.17) is 5.73 Å². The highest BCUT2D eigenvalue weighted by molar-refractivity contribution is 7.99. The van der Waals surface area contributed by atoms with Crippen LogP contribution in [0.15, 0.2) is 18.5 Å². The summed E-state index contributed by atoms with van der Waals surface area (Å²) in [4.78, 5) is 0. The minimum Gasteiger partial charge on any atom is -0.354 e. The predicted octanol–water partition coefficient (Wildman–Crippen LogP) is 2.13. The van der Waals surface area contributed by atoms with Crippen LogP contribution < -0.4 is 5.73 Å². The van der Waals surface area contributed by atoms with E-state index >= 15 is 0 Å². The highest BCUT2D eigenvalue weighted by Gasteiger charge is 1.95. The molecule has 1 heterocycles. The van der Waals surface area contributed by atoms with Gasteiger partial charge in [0.05, 0.1) is 0 Å². The second-order valence-electron chi connectivity index (χ2n) is 3.35. The van der Waals surface area contributed by atoms with Crippen LogP contribution in [0, 0.1) is 0 Å². The topological polar surface area (TPSA) is 30.9 Å². The van der Waals surface area contributed by atoms with Gasteiger partial charge in [0.1, 0.15) is 0 Å². The molecule has 1 aromatic heterocycles. The fourth-order valence-corrected chi connectivity index (χ4v) is 2.06. The fourth-order valence-electron chi connectivity index (χ4n) is 1.44. The summed E-state index contributed by atoms with van der Waals surface area (Å²) in [5, 5.41) is 0. The molecule has 0 amide bonds. The van der Waals surface area contributed by atoms with Gasteiger partial charge >= 0.3 is 0 Å². The number of nitrogens with zero attached hydrogens (tertiary/aromatic N) is 1. The van der Waals surface area contributed by atoms with Crippen molar-refractivity contribution in [3.05, 3.63) is 24.0 Å². The van der Waals surface area contributed by atoms with Crippen LogP contribution >= 0.6 is 11.8 Å². The first kappa shape index (κ1) is 11.7. The number of aromatic nitrogens is 1. The van der Waals surface area contributed by atoms with Gasteiger partial charge in [-0.05, 0) is 42.5 Å². The smallest absolute Gasteiger partial charge is 0.0227 e. The van der Waals surface area contributed by atoms with Gasteiger partial charge in [-0.15, -0.1) is 0 Å². The lowest BCUT2D eigenvalue weighted by molar-refractivity contribution is 0.686. The molecule has 0 saturated heterocycles. The summed E-state index contributed by atoms with van der Waals surface area (Å²) in [5.41, 5.74) is 6.85. The van der Waals surface area contributed by atoms with Crippen LogP contribution in [0.2, 0.25) is 0 Å². The summed E-state index contributed by atoms with van der Waals surface area (Å²) < 4.78 is 2.27. The Bertz CT molecular complexity index is 245. The predicted molar refractivity (Wildman–Crippen MR) is 64.8 cm³/mol. The van der Waals surface area contributed by atoms with Crippen molar-refractivity contribution in [2.45, 2.75) is 26.3 Å².